The SMILES string of the molecule is CS(=O)(=O)N1CCO[C@H]2CCN(Cc3ccccc3F)C[C@@H]21. The Morgan fingerprint density at radius 1 is 1.32 bits per heavy atom. The number of nitrogens with zero attached hydrogens (tertiary/aromatic N) is 2. The summed E-state index contributed by atoms with van der Waals surface area (Å²) in [6, 6.07) is 6.54. The maximum absolute atomic E-state index is 13.8. The monoisotopic (exact) mass is 328 g/mol. The fourth-order valence-electron chi connectivity index (χ4n) is 3.33. The number of rotatable bonds is 3. The number of morpholine rings is 1. The smallest absolute Gasteiger partial charge is 0.211 e. The van der Waals surface area contributed by atoms with Crippen LogP contribution in [0.15, 0.2) is 24.3 Å². The molecular weight excluding hydrogens is 307 g/mol. The molecule has 2 fully saturated rings. The first-order valence-corrected chi connectivity index (χ1v) is 9.34. The van der Waals surface area contributed by atoms with Gasteiger partial charge < -0.3 is 4.74 Å². The van der Waals surface area contributed by atoms with Crippen LogP contribution in [0.4, 0.5) is 4.39 Å². The molecule has 1 aromatic rings. The number of fused-ring (bicyclic) bond motifs is 1. The molecule has 2 saturated heterocycles. The van der Waals surface area contributed by atoms with E-state index in [-0.39, 0.29) is 18.0 Å². The highest BCUT2D eigenvalue weighted by Crippen LogP contribution is 2.26. The lowest BCUT2D eigenvalue weighted by atomic mass is 10.00. The van der Waals surface area contributed by atoms with Crippen LogP contribution in [-0.2, 0) is 21.3 Å². The average Bonchev–Trinajstić information content (AvgIpc) is 2.48. The summed E-state index contributed by atoms with van der Waals surface area (Å²) in [5.74, 6) is -0.218. The van der Waals surface area contributed by atoms with Gasteiger partial charge in [0, 0.05) is 31.7 Å². The van der Waals surface area contributed by atoms with Crippen LogP contribution in [-0.4, -0.2) is 62.3 Å². The first kappa shape index (κ1) is 15.9. The van der Waals surface area contributed by atoms with Gasteiger partial charge in [-0.3, -0.25) is 4.90 Å². The van der Waals surface area contributed by atoms with Crippen molar-refractivity contribution >= 4 is 10.0 Å². The Bertz CT molecular complexity index is 637. The van der Waals surface area contributed by atoms with Gasteiger partial charge in [0.05, 0.1) is 25.0 Å². The fourth-order valence-corrected chi connectivity index (χ4v) is 4.43. The van der Waals surface area contributed by atoms with E-state index in [1.165, 1.54) is 16.6 Å². The molecule has 0 amide bonds. The Balaban J connectivity index is 1.74. The summed E-state index contributed by atoms with van der Waals surface area (Å²) in [7, 11) is -3.25. The van der Waals surface area contributed by atoms with Gasteiger partial charge in [-0.2, -0.15) is 4.31 Å². The van der Waals surface area contributed by atoms with Crippen LogP contribution in [0.25, 0.3) is 0 Å². The van der Waals surface area contributed by atoms with Crippen molar-refractivity contribution < 1.29 is 17.5 Å². The molecule has 0 N–H and O–H groups in total. The molecule has 0 spiro atoms. The largest absolute Gasteiger partial charge is 0.375 e. The predicted molar refractivity (Wildman–Crippen MR) is 81.4 cm³/mol. The van der Waals surface area contributed by atoms with E-state index in [0.717, 1.165) is 13.0 Å². The molecule has 1 aromatic carbocycles. The minimum atomic E-state index is -3.25. The summed E-state index contributed by atoms with van der Waals surface area (Å²) >= 11 is 0. The Labute approximate surface area is 130 Å². The van der Waals surface area contributed by atoms with Gasteiger partial charge in [-0.15, -0.1) is 0 Å². The molecule has 2 aliphatic rings. The maximum Gasteiger partial charge on any atom is 0.211 e. The number of hydrogen-bond donors (Lipinski definition) is 0. The van der Waals surface area contributed by atoms with Crippen LogP contribution in [0, 0.1) is 5.82 Å². The van der Waals surface area contributed by atoms with Gasteiger partial charge in [0.2, 0.25) is 10.0 Å². The Morgan fingerprint density at radius 3 is 2.82 bits per heavy atom. The third-order valence-corrected chi connectivity index (χ3v) is 5.70. The highest BCUT2D eigenvalue weighted by molar-refractivity contribution is 7.88. The van der Waals surface area contributed by atoms with E-state index in [0.29, 0.717) is 31.8 Å². The molecule has 2 aliphatic heterocycles. The molecule has 2 heterocycles. The van der Waals surface area contributed by atoms with Crippen LogP contribution in [0.3, 0.4) is 0 Å². The minimum Gasteiger partial charge on any atom is -0.375 e. The quantitative estimate of drug-likeness (QED) is 0.833. The molecule has 0 saturated carbocycles. The lowest BCUT2D eigenvalue weighted by molar-refractivity contribution is -0.0769. The number of hydrogen-bond acceptors (Lipinski definition) is 4. The summed E-state index contributed by atoms with van der Waals surface area (Å²) in [5.41, 5.74) is 0.642. The maximum atomic E-state index is 13.8. The van der Waals surface area contributed by atoms with Gasteiger partial charge in [0.1, 0.15) is 5.82 Å². The van der Waals surface area contributed by atoms with Crippen LogP contribution >= 0.6 is 0 Å². The topological polar surface area (TPSA) is 49.9 Å². The molecule has 0 radical (unpaired) electrons. The summed E-state index contributed by atoms with van der Waals surface area (Å²) < 4.78 is 44.9. The van der Waals surface area contributed by atoms with Crippen molar-refractivity contribution in [2.24, 2.45) is 0 Å². The summed E-state index contributed by atoms with van der Waals surface area (Å²) in [6.45, 7) is 2.70. The number of benzene rings is 1. The highest BCUT2D eigenvalue weighted by atomic mass is 32.2. The third kappa shape index (κ3) is 3.32. The van der Waals surface area contributed by atoms with Crippen LogP contribution in [0.2, 0.25) is 0 Å². The van der Waals surface area contributed by atoms with E-state index in [4.69, 9.17) is 4.74 Å². The first-order chi connectivity index (χ1) is 10.4. The number of halogens is 1. The summed E-state index contributed by atoms with van der Waals surface area (Å²) in [4.78, 5) is 2.10. The normalized spacial score (nSPS) is 27.5. The second-order valence-electron chi connectivity index (χ2n) is 5.97. The zero-order valence-electron chi connectivity index (χ0n) is 12.6. The van der Waals surface area contributed by atoms with Crippen molar-refractivity contribution in [3.63, 3.8) is 0 Å². The van der Waals surface area contributed by atoms with E-state index >= 15 is 0 Å². The summed E-state index contributed by atoms with van der Waals surface area (Å²) in [5, 5.41) is 0. The van der Waals surface area contributed by atoms with Crippen molar-refractivity contribution in [1.29, 1.82) is 0 Å². The van der Waals surface area contributed by atoms with Gasteiger partial charge in [-0.05, 0) is 12.5 Å². The Kier molecular flexibility index (Phi) is 4.49. The standard InChI is InChI=1S/C15H21FN2O3S/c1-22(19,20)18-8-9-21-15-6-7-17(11-14(15)18)10-12-4-2-3-5-13(12)16/h2-5,14-15H,6-11H2,1H3/t14-,15-/m0/s1. The van der Waals surface area contributed by atoms with Gasteiger partial charge in [-0.25, -0.2) is 12.8 Å². The van der Waals surface area contributed by atoms with Crippen molar-refractivity contribution in [2.45, 2.75) is 25.1 Å². The zero-order valence-corrected chi connectivity index (χ0v) is 13.4. The molecule has 0 bridgehead atoms. The van der Waals surface area contributed by atoms with E-state index < -0.39 is 10.0 Å². The van der Waals surface area contributed by atoms with Crippen molar-refractivity contribution in [3.8, 4) is 0 Å². The Morgan fingerprint density at radius 2 is 2.09 bits per heavy atom. The van der Waals surface area contributed by atoms with Crippen LogP contribution < -0.4 is 0 Å². The number of sulfonamides is 1. The minimum absolute atomic E-state index is 0.0552. The van der Waals surface area contributed by atoms with Gasteiger partial charge in [0.15, 0.2) is 0 Å². The van der Waals surface area contributed by atoms with Crippen LogP contribution in [0.5, 0.6) is 0 Å². The van der Waals surface area contributed by atoms with E-state index in [2.05, 4.69) is 4.90 Å². The molecule has 7 heteroatoms. The molecular formula is C15H21FN2O3S. The predicted octanol–water partition coefficient (Wildman–Crippen LogP) is 1.06. The second-order valence-corrected chi connectivity index (χ2v) is 7.90. The molecule has 22 heavy (non-hydrogen) atoms. The Hall–Kier alpha value is -1.02. The van der Waals surface area contributed by atoms with Crippen LogP contribution in [0.1, 0.15) is 12.0 Å². The fraction of sp³-hybridized carbons (Fsp3) is 0.600. The van der Waals surface area contributed by atoms with Gasteiger partial charge in [-0.1, -0.05) is 18.2 Å². The average molecular weight is 328 g/mol. The van der Waals surface area contributed by atoms with E-state index in [1.807, 2.05) is 6.07 Å². The number of ether oxygens (including phenoxy) is 1. The first-order valence-electron chi connectivity index (χ1n) is 7.49. The molecule has 3 rings (SSSR count). The van der Waals surface area contributed by atoms with Crippen molar-refractivity contribution in [1.82, 2.24) is 9.21 Å². The molecule has 0 aliphatic carbocycles. The third-order valence-electron chi connectivity index (χ3n) is 4.40. The lowest BCUT2D eigenvalue weighted by Gasteiger charge is -2.45. The molecule has 122 valence electrons. The van der Waals surface area contributed by atoms with Crippen molar-refractivity contribution in [2.75, 3.05) is 32.5 Å². The lowest BCUT2D eigenvalue weighted by Crippen LogP contribution is -2.60. The molecule has 0 aromatic heterocycles. The number of piperidine rings is 1. The number of likely N-dealkylation sites (tertiary alicyclic amines) is 1. The van der Waals surface area contributed by atoms with E-state index in [1.54, 1.807) is 12.1 Å². The molecule has 0 unspecified atom stereocenters. The van der Waals surface area contributed by atoms with E-state index in [9.17, 15) is 12.8 Å². The van der Waals surface area contributed by atoms with Crippen molar-refractivity contribution in [3.05, 3.63) is 35.6 Å². The highest BCUT2D eigenvalue weighted by Gasteiger charge is 2.40. The van der Waals surface area contributed by atoms with Gasteiger partial charge >= 0.3 is 0 Å². The summed E-state index contributed by atoms with van der Waals surface area (Å²) in [6.07, 6.45) is 1.96. The second kappa shape index (κ2) is 6.23. The molecule has 2 atom stereocenters. The van der Waals surface area contributed by atoms with Gasteiger partial charge in [0.25, 0.3) is 0 Å². The molecule has 5 nitrogen and oxygen atoms in total. The zero-order chi connectivity index (χ0) is 15.7.